The highest BCUT2D eigenvalue weighted by Crippen LogP contribution is 2.25. The molecule has 0 spiro atoms. The molecule has 0 aliphatic heterocycles. The van der Waals surface area contributed by atoms with E-state index in [2.05, 4.69) is 35.3 Å². The maximum Gasteiger partial charge on any atom is 0.0972 e. The summed E-state index contributed by atoms with van der Waals surface area (Å²) in [6.07, 6.45) is 1.81. The Morgan fingerprint density at radius 2 is 1.50 bits per heavy atom. The van der Waals surface area contributed by atoms with E-state index in [9.17, 15) is 0 Å². The summed E-state index contributed by atoms with van der Waals surface area (Å²) in [4.78, 5) is 9.27. The van der Waals surface area contributed by atoms with Crippen LogP contribution >= 0.6 is 0 Å². The van der Waals surface area contributed by atoms with Crippen LogP contribution in [0.1, 0.15) is 0 Å². The van der Waals surface area contributed by atoms with Crippen molar-refractivity contribution in [3.8, 4) is 11.3 Å². The van der Waals surface area contributed by atoms with Crippen molar-refractivity contribution in [2.24, 2.45) is 0 Å². The first kappa shape index (κ1) is 11.1. The maximum absolute atomic E-state index is 4.80. The molecule has 4 rings (SSSR count). The highest BCUT2D eigenvalue weighted by atomic mass is 14.7. The van der Waals surface area contributed by atoms with E-state index in [1.165, 1.54) is 0 Å². The van der Waals surface area contributed by atoms with Crippen molar-refractivity contribution in [2.75, 3.05) is 0 Å². The molecule has 20 heavy (non-hydrogen) atoms. The van der Waals surface area contributed by atoms with Gasteiger partial charge in [0.2, 0.25) is 0 Å². The molecule has 0 aliphatic carbocycles. The van der Waals surface area contributed by atoms with Crippen LogP contribution in [-0.2, 0) is 0 Å². The molecule has 4 aromatic rings. The molecule has 0 unspecified atom stereocenters. The van der Waals surface area contributed by atoms with Crippen LogP contribution in [0, 0.1) is 6.07 Å². The number of rotatable bonds is 1. The maximum atomic E-state index is 4.80. The molecule has 0 aliphatic rings. The van der Waals surface area contributed by atoms with Crippen LogP contribution in [0.25, 0.3) is 33.1 Å². The van der Waals surface area contributed by atoms with E-state index in [1.807, 2.05) is 42.6 Å². The summed E-state index contributed by atoms with van der Waals surface area (Å²) in [6.45, 7) is 0. The Labute approximate surface area is 116 Å². The first-order valence-corrected chi connectivity index (χ1v) is 6.53. The molecule has 93 valence electrons. The van der Waals surface area contributed by atoms with E-state index in [-0.39, 0.29) is 0 Å². The normalized spacial score (nSPS) is 11.0. The predicted molar refractivity (Wildman–Crippen MR) is 81.3 cm³/mol. The van der Waals surface area contributed by atoms with Gasteiger partial charge < -0.3 is 0 Å². The molecule has 0 amide bonds. The van der Waals surface area contributed by atoms with E-state index in [0.29, 0.717) is 0 Å². The molecule has 2 aromatic carbocycles. The van der Waals surface area contributed by atoms with Gasteiger partial charge in [0, 0.05) is 22.5 Å². The summed E-state index contributed by atoms with van der Waals surface area (Å²) in [5.74, 6) is 0. The van der Waals surface area contributed by atoms with Crippen molar-refractivity contribution in [2.45, 2.75) is 0 Å². The van der Waals surface area contributed by atoms with Crippen molar-refractivity contribution in [1.29, 1.82) is 0 Å². The third-order valence-electron chi connectivity index (χ3n) is 3.45. The van der Waals surface area contributed by atoms with Gasteiger partial charge in [-0.2, -0.15) is 0 Å². The Balaban J connectivity index is 2.05. The van der Waals surface area contributed by atoms with Crippen LogP contribution in [0.2, 0.25) is 0 Å². The molecule has 0 N–H and O–H groups in total. The van der Waals surface area contributed by atoms with Gasteiger partial charge in [0.1, 0.15) is 0 Å². The first-order valence-electron chi connectivity index (χ1n) is 6.53. The SMILES string of the molecule is [c]1ccc(-c2ccc3ccc4cccnc4c3n2)cc1. The fourth-order valence-electron chi connectivity index (χ4n) is 2.44. The topological polar surface area (TPSA) is 25.8 Å². The van der Waals surface area contributed by atoms with Crippen molar-refractivity contribution in [3.63, 3.8) is 0 Å². The molecule has 2 nitrogen and oxygen atoms in total. The third-order valence-corrected chi connectivity index (χ3v) is 3.45. The number of benzene rings is 2. The number of fused-ring (bicyclic) bond motifs is 3. The van der Waals surface area contributed by atoms with Gasteiger partial charge in [0.05, 0.1) is 16.7 Å². The summed E-state index contributed by atoms with van der Waals surface area (Å²) in [5, 5.41) is 2.23. The Hall–Kier alpha value is -2.74. The van der Waals surface area contributed by atoms with Crippen LogP contribution in [-0.4, -0.2) is 9.97 Å². The van der Waals surface area contributed by atoms with E-state index < -0.39 is 0 Å². The van der Waals surface area contributed by atoms with Gasteiger partial charge in [0.15, 0.2) is 0 Å². The smallest absolute Gasteiger partial charge is 0.0972 e. The van der Waals surface area contributed by atoms with Crippen LogP contribution in [0.5, 0.6) is 0 Å². The summed E-state index contributed by atoms with van der Waals surface area (Å²) < 4.78 is 0. The van der Waals surface area contributed by atoms with Crippen LogP contribution in [0.3, 0.4) is 0 Å². The van der Waals surface area contributed by atoms with E-state index in [0.717, 1.165) is 33.1 Å². The lowest BCUT2D eigenvalue weighted by Crippen LogP contribution is -1.88. The Kier molecular flexibility index (Phi) is 2.46. The molecule has 0 saturated heterocycles. The number of nitrogens with zero attached hydrogens (tertiary/aromatic N) is 2. The fraction of sp³-hybridized carbons (Fsp3) is 0. The number of pyridine rings is 2. The first-order chi connectivity index (χ1) is 9.92. The largest absolute Gasteiger partial charge is 0.254 e. The molecule has 2 heterocycles. The zero-order valence-corrected chi connectivity index (χ0v) is 10.7. The molecule has 0 bridgehead atoms. The molecule has 2 heteroatoms. The lowest BCUT2D eigenvalue weighted by atomic mass is 10.1. The van der Waals surface area contributed by atoms with Gasteiger partial charge in [-0.05, 0) is 18.2 Å². The van der Waals surface area contributed by atoms with Crippen molar-refractivity contribution in [3.05, 3.63) is 72.9 Å². The highest BCUT2D eigenvalue weighted by molar-refractivity contribution is 6.03. The Morgan fingerprint density at radius 1 is 0.750 bits per heavy atom. The number of hydrogen-bond acceptors (Lipinski definition) is 2. The second-order valence-corrected chi connectivity index (χ2v) is 4.70. The molecule has 0 atom stereocenters. The van der Waals surface area contributed by atoms with Gasteiger partial charge in [-0.15, -0.1) is 0 Å². The van der Waals surface area contributed by atoms with Gasteiger partial charge in [-0.3, -0.25) is 4.98 Å². The molecular weight excluding hydrogens is 244 g/mol. The predicted octanol–water partition coefficient (Wildman–Crippen LogP) is 4.25. The zero-order chi connectivity index (χ0) is 13.4. The van der Waals surface area contributed by atoms with Gasteiger partial charge in [-0.25, -0.2) is 4.98 Å². The number of hydrogen-bond donors (Lipinski definition) is 0. The standard InChI is InChI=1S/C18H11N2/c1-2-5-13(6-3-1)16-11-10-15-9-8-14-7-4-12-19-17(14)18(15)20-16/h2-12H. The van der Waals surface area contributed by atoms with Crippen LogP contribution in [0.15, 0.2) is 66.9 Å². The lowest BCUT2D eigenvalue weighted by molar-refractivity contribution is 1.37. The molecule has 1 radical (unpaired) electrons. The minimum Gasteiger partial charge on any atom is -0.254 e. The van der Waals surface area contributed by atoms with Crippen molar-refractivity contribution < 1.29 is 0 Å². The summed E-state index contributed by atoms with van der Waals surface area (Å²) >= 11 is 0. The van der Waals surface area contributed by atoms with Gasteiger partial charge in [-0.1, -0.05) is 48.5 Å². The molecule has 2 aromatic heterocycles. The third kappa shape index (κ3) is 1.74. The Bertz CT molecular complexity index is 899. The minimum atomic E-state index is 0.952. The average molecular weight is 255 g/mol. The van der Waals surface area contributed by atoms with Crippen molar-refractivity contribution in [1.82, 2.24) is 9.97 Å². The summed E-state index contributed by atoms with van der Waals surface area (Å²) in [6, 6.07) is 23.2. The van der Waals surface area contributed by atoms with Crippen molar-refractivity contribution >= 4 is 21.8 Å². The zero-order valence-electron chi connectivity index (χ0n) is 10.7. The number of aromatic nitrogens is 2. The fourth-order valence-corrected chi connectivity index (χ4v) is 2.44. The monoisotopic (exact) mass is 255 g/mol. The second kappa shape index (κ2) is 4.42. The van der Waals surface area contributed by atoms with Crippen LogP contribution < -0.4 is 0 Å². The second-order valence-electron chi connectivity index (χ2n) is 4.70. The minimum absolute atomic E-state index is 0.952. The van der Waals surface area contributed by atoms with E-state index >= 15 is 0 Å². The lowest BCUT2D eigenvalue weighted by Gasteiger charge is -2.05. The molecule has 0 fully saturated rings. The summed E-state index contributed by atoms with van der Waals surface area (Å²) in [7, 11) is 0. The Morgan fingerprint density at radius 3 is 2.35 bits per heavy atom. The average Bonchev–Trinajstić information content (AvgIpc) is 2.55. The molecular formula is C18H11N2. The van der Waals surface area contributed by atoms with Gasteiger partial charge in [0.25, 0.3) is 0 Å². The van der Waals surface area contributed by atoms with E-state index in [4.69, 9.17) is 4.98 Å². The van der Waals surface area contributed by atoms with Gasteiger partial charge >= 0.3 is 0 Å². The quantitative estimate of drug-likeness (QED) is 0.475. The van der Waals surface area contributed by atoms with Crippen LogP contribution in [0.4, 0.5) is 0 Å². The highest BCUT2D eigenvalue weighted by Gasteiger charge is 2.05. The summed E-state index contributed by atoms with van der Waals surface area (Å²) in [5.41, 5.74) is 3.96. The molecule has 0 saturated carbocycles. The van der Waals surface area contributed by atoms with E-state index in [1.54, 1.807) is 0 Å².